The number of cyclic esters (lactones) is 1. The van der Waals surface area contributed by atoms with Crippen LogP contribution in [-0.2, 0) is 16.0 Å². The van der Waals surface area contributed by atoms with Gasteiger partial charge < -0.3 is 4.74 Å². The summed E-state index contributed by atoms with van der Waals surface area (Å²) in [7, 11) is 0. The van der Waals surface area contributed by atoms with E-state index in [4.69, 9.17) is 4.74 Å². The van der Waals surface area contributed by atoms with E-state index in [9.17, 15) is 9.59 Å². The average molecular weight is 275 g/mol. The molecule has 2 amide bonds. The number of benzene rings is 1. The Morgan fingerprint density at radius 1 is 1.30 bits per heavy atom. The summed E-state index contributed by atoms with van der Waals surface area (Å²) in [5.41, 5.74) is 1.10. The standard InChI is InChI=1S/C16H21NO3/c1-11(2)12(3)15(18)17-14(10-20-16(17)19)9-13-7-5-4-6-8-13/h4-8,11-12,14H,9-10H2,1-3H3/t12-,14-/m1/s1. The lowest BCUT2D eigenvalue weighted by atomic mass is 9.95. The maximum atomic E-state index is 12.4. The lowest BCUT2D eigenvalue weighted by Gasteiger charge is -2.24. The summed E-state index contributed by atoms with van der Waals surface area (Å²) < 4.78 is 5.07. The number of hydrogen-bond donors (Lipinski definition) is 0. The number of hydrogen-bond acceptors (Lipinski definition) is 3. The van der Waals surface area contributed by atoms with Crippen LogP contribution in [0.15, 0.2) is 30.3 Å². The Hall–Kier alpha value is -1.84. The zero-order valence-electron chi connectivity index (χ0n) is 12.2. The minimum atomic E-state index is -0.511. The minimum Gasteiger partial charge on any atom is -0.447 e. The number of carbonyl (C=O) groups is 2. The highest BCUT2D eigenvalue weighted by Crippen LogP contribution is 2.22. The Kier molecular flexibility index (Phi) is 4.42. The van der Waals surface area contributed by atoms with Gasteiger partial charge in [0.05, 0.1) is 6.04 Å². The smallest absolute Gasteiger partial charge is 0.416 e. The molecule has 1 fully saturated rings. The van der Waals surface area contributed by atoms with Gasteiger partial charge in [0.2, 0.25) is 5.91 Å². The van der Waals surface area contributed by atoms with Crippen molar-refractivity contribution in [3.63, 3.8) is 0 Å². The van der Waals surface area contributed by atoms with Crippen molar-refractivity contribution in [1.82, 2.24) is 4.90 Å². The van der Waals surface area contributed by atoms with Crippen molar-refractivity contribution in [2.75, 3.05) is 6.61 Å². The van der Waals surface area contributed by atoms with E-state index in [1.807, 2.05) is 51.1 Å². The molecule has 1 heterocycles. The van der Waals surface area contributed by atoms with E-state index >= 15 is 0 Å². The molecule has 0 spiro atoms. The molecular weight excluding hydrogens is 254 g/mol. The van der Waals surface area contributed by atoms with Gasteiger partial charge in [0.15, 0.2) is 0 Å². The van der Waals surface area contributed by atoms with Crippen LogP contribution in [0.4, 0.5) is 4.79 Å². The van der Waals surface area contributed by atoms with Gasteiger partial charge in [-0.05, 0) is 17.9 Å². The number of amides is 2. The Labute approximate surface area is 119 Å². The summed E-state index contributed by atoms with van der Waals surface area (Å²) in [5, 5.41) is 0. The molecule has 1 aromatic carbocycles. The number of carbonyl (C=O) groups excluding carboxylic acids is 2. The van der Waals surface area contributed by atoms with Gasteiger partial charge in [0.25, 0.3) is 0 Å². The fourth-order valence-electron chi connectivity index (χ4n) is 2.27. The van der Waals surface area contributed by atoms with Crippen LogP contribution in [0.3, 0.4) is 0 Å². The van der Waals surface area contributed by atoms with E-state index in [0.29, 0.717) is 6.42 Å². The molecule has 1 aliphatic rings. The van der Waals surface area contributed by atoms with Crippen LogP contribution in [-0.4, -0.2) is 29.5 Å². The van der Waals surface area contributed by atoms with E-state index in [2.05, 4.69) is 0 Å². The summed E-state index contributed by atoms with van der Waals surface area (Å²) in [6, 6.07) is 9.66. The normalized spacial score (nSPS) is 20.1. The van der Waals surface area contributed by atoms with E-state index in [1.54, 1.807) is 0 Å². The van der Waals surface area contributed by atoms with Crippen LogP contribution in [0, 0.1) is 11.8 Å². The van der Waals surface area contributed by atoms with Gasteiger partial charge in [-0.2, -0.15) is 0 Å². The maximum absolute atomic E-state index is 12.4. The largest absolute Gasteiger partial charge is 0.447 e. The fraction of sp³-hybridized carbons (Fsp3) is 0.500. The van der Waals surface area contributed by atoms with Gasteiger partial charge in [0, 0.05) is 5.92 Å². The Bertz CT molecular complexity index is 484. The van der Waals surface area contributed by atoms with Crippen molar-refractivity contribution >= 4 is 12.0 Å². The molecule has 20 heavy (non-hydrogen) atoms. The topological polar surface area (TPSA) is 46.6 Å². The molecule has 4 nitrogen and oxygen atoms in total. The highest BCUT2D eigenvalue weighted by Gasteiger charge is 2.40. The average Bonchev–Trinajstić information content (AvgIpc) is 2.79. The van der Waals surface area contributed by atoms with Gasteiger partial charge in [0.1, 0.15) is 6.61 Å². The number of ether oxygens (including phenoxy) is 1. The molecule has 0 aliphatic carbocycles. The molecule has 2 rings (SSSR count). The molecule has 1 aliphatic heterocycles. The first-order chi connectivity index (χ1) is 9.50. The molecule has 1 aromatic rings. The molecule has 0 bridgehead atoms. The van der Waals surface area contributed by atoms with Gasteiger partial charge in [-0.3, -0.25) is 4.79 Å². The van der Waals surface area contributed by atoms with Crippen LogP contribution in [0.2, 0.25) is 0 Å². The zero-order chi connectivity index (χ0) is 14.7. The number of imide groups is 1. The first kappa shape index (κ1) is 14.6. The van der Waals surface area contributed by atoms with Crippen LogP contribution in [0.1, 0.15) is 26.3 Å². The Balaban J connectivity index is 2.13. The second-order valence-electron chi connectivity index (χ2n) is 5.66. The molecule has 108 valence electrons. The van der Waals surface area contributed by atoms with Crippen LogP contribution < -0.4 is 0 Å². The molecule has 0 saturated carbocycles. The summed E-state index contributed by atoms with van der Waals surface area (Å²) in [6.45, 7) is 6.11. The van der Waals surface area contributed by atoms with Gasteiger partial charge in [-0.15, -0.1) is 0 Å². The highest BCUT2D eigenvalue weighted by atomic mass is 16.6. The van der Waals surface area contributed by atoms with Gasteiger partial charge in [-0.25, -0.2) is 9.69 Å². The molecule has 0 unspecified atom stereocenters. The van der Waals surface area contributed by atoms with E-state index in [0.717, 1.165) is 5.56 Å². The molecule has 0 N–H and O–H groups in total. The third kappa shape index (κ3) is 3.00. The number of rotatable bonds is 4. The Morgan fingerprint density at radius 3 is 2.55 bits per heavy atom. The second kappa shape index (κ2) is 6.07. The van der Waals surface area contributed by atoms with E-state index in [-0.39, 0.29) is 30.4 Å². The molecule has 0 aromatic heterocycles. The van der Waals surface area contributed by atoms with Gasteiger partial charge in [-0.1, -0.05) is 51.1 Å². The molecule has 2 atom stereocenters. The van der Waals surface area contributed by atoms with Crippen molar-refractivity contribution in [3.05, 3.63) is 35.9 Å². The predicted molar refractivity (Wildman–Crippen MR) is 76.1 cm³/mol. The highest BCUT2D eigenvalue weighted by molar-refractivity contribution is 5.94. The Morgan fingerprint density at radius 2 is 1.95 bits per heavy atom. The molecule has 4 heteroatoms. The summed E-state index contributed by atoms with van der Waals surface area (Å²) in [6.07, 6.45) is 0.131. The molecule has 1 saturated heterocycles. The predicted octanol–water partition coefficient (Wildman–Crippen LogP) is 2.87. The summed E-state index contributed by atoms with van der Waals surface area (Å²) in [4.78, 5) is 25.6. The van der Waals surface area contributed by atoms with Crippen LogP contribution >= 0.6 is 0 Å². The monoisotopic (exact) mass is 275 g/mol. The van der Waals surface area contributed by atoms with Crippen molar-refractivity contribution < 1.29 is 14.3 Å². The summed E-state index contributed by atoms with van der Waals surface area (Å²) in [5.74, 6) is -0.115. The van der Waals surface area contributed by atoms with Crippen LogP contribution in [0.5, 0.6) is 0 Å². The SMILES string of the molecule is CC(C)[C@@H](C)C(=O)N1C(=O)OC[C@H]1Cc1ccccc1. The zero-order valence-corrected chi connectivity index (χ0v) is 12.2. The summed E-state index contributed by atoms with van der Waals surface area (Å²) >= 11 is 0. The second-order valence-corrected chi connectivity index (χ2v) is 5.66. The van der Waals surface area contributed by atoms with Crippen molar-refractivity contribution in [3.8, 4) is 0 Å². The van der Waals surface area contributed by atoms with Crippen molar-refractivity contribution in [1.29, 1.82) is 0 Å². The first-order valence-electron chi connectivity index (χ1n) is 7.04. The molecule has 0 radical (unpaired) electrons. The van der Waals surface area contributed by atoms with Crippen molar-refractivity contribution in [2.45, 2.75) is 33.2 Å². The van der Waals surface area contributed by atoms with Crippen molar-refractivity contribution in [2.24, 2.45) is 11.8 Å². The number of nitrogens with zero attached hydrogens (tertiary/aromatic N) is 1. The third-order valence-electron chi connectivity index (χ3n) is 3.90. The molecular formula is C16H21NO3. The van der Waals surface area contributed by atoms with Crippen LogP contribution in [0.25, 0.3) is 0 Å². The maximum Gasteiger partial charge on any atom is 0.416 e. The first-order valence-corrected chi connectivity index (χ1v) is 7.04. The fourth-order valence-corrected chi connectivity index (χ4v) is 2.27. The van der Waals surface area contributed by atoms with E-state index in [1.165, 1.54) is 4.90 Å². The lowest BCUT2D eigenvalue weighted by Crippen LogP contribution is -2.44. The lowest BCUT2D eigenvalue weighted by molar-refractivity contribution is -0.134. The third-order valence-corrected chi connectivity index (χ3v) is 3.90. The quantitative estimate of drug-likeness (QED) is 0.849. The minimum absolute atomic E-state index is 0.136. The van der Waals surface area contributed by atoms with E-state index < -0.39 is 6.09 Å². The van der Waals surface area contributed by atoms with Gasteiger partial charge >= 0.3 is 6.09 Å².